The molecule has 136 valence electrons. The van der Waals surface area contributed by atoms with Crippen LogP contribution >= 0.6 is 11.6 Å². The molecular weight excluding hydrogens is 346 g/mol. The fourth-order valence-electron chi connectivity index (χ4n) is 3.27. The predicted molar refractivity (Wildman–Crippen MR) is 94.7 cm³/mol. The molecule has 0 radical (unpaired) electrons. The molecule has 0 atom stereocenters. The number of halogens is 1. The van der Waals surface area contributed by atoms with Crippen molar-refractivity contribution in [3.63, 3.8) is 0 Å². The number of hydrogen-bond donors (Lipinski definition) is 1. The third-order valence-electron chi connectivity index (χ3n) is 4.49. The Morgan fingerprint density at radius 1 is 1.32 bits per heavy atom. The highest BCUT2D eigenvalue weighted by Gasteiger charge is 2.26. The van der Waals surface area contributed by atoms with Crippen molar-refractivity contribution >= 4 is 29.1 Å². The number of nitro benzene ring substituents is 1. The molecule has 25 heavy (non-hydrogen) atoms. The lowest BCUT2D eigenvalue weighted by Crippen LogP contribution is -2.46. The highest BCUT2D eigenvalue weighted by atomic mass is 35.5. The van der Waals surface area contributed by atoms with Crippen molar-refractivity contribution in [3.8, 4) is 0 Å². The summed E-state index contributed by atoms with van der Waals surface area (Å²) in [5.41, 5.74) is -0.597. The maximum Gasteiger partial charge on any atom is 0.283 e. The van der Waals surface area contributed by atoms with E-state index in [1.54, 1.807) is 4.90 Å². The molecular formula is C17H22ClN3O4. The van der Waals surface area contributed by atoms with E-state index in [0.29, 0.717) is 6.54 Å². The Kier molecular flexibility index (Phi) is 6.75. The van der Waals surface area contributed by atoms with E-state index >= 15 is 0 Å². The van der Waals surface area contributed by atoms with Crippen LogP contribution in [0.5, 0.6) is 0 Å². The Morgan fingerprint density at radius 2 is 2.00 bits per heavy atom. The van der Waals surface area contributed by atoms with Crippen molar-refractivity contribution in [2.45, 2.75) is 45.1 Å². The summed E-state index contributed by atoms with van der Waals surface area (Å²) in [5, 5.41) is 13.5. The van der Waals surface area contributed by atoms with Gasteiger partial charge in [0.2, 0.25) is 5.91 Å². The number of nitrogens with zero attached hydrogens (tertiary/aromatic N) is 2. The summed E-state index contributed by atoms with van der Waals surface area (Å²) in [6, 6.07) is 4.23. The van der Waals surface area contributed by atoms with E-state index < -0.39 is 10.8 Å². The van der Waals surface area contributed by atoms with Crippen LogP contribution in [-0.2, 0) is 4.79 Å². The minimum absolute atomic E-state index is 0.0150. The molecule has 0 aromatic heterocycles. The monoisotopic (exact) mass is 367 g/mol. The van der Waals surface area contributed by atoms with Crippen molar-refractivity contribution in [2.24, 2.45) is 0 Å². The van der Waals surface area contributed by atoms with Crippen molar-refractivity contribution in [1.82, 2.24) is 10.2 Å². The summed E-state index contributed by atoms with van der Waals surface area (Å²) in [4.78, 5) is 37.0. The normalized spacial score (nSPS) is 14.8. The van der Waals surface area contributed by atoms with Gasteiger partial charge in [0.15, 0.2) is 0 Å². The zero-order valence-corrected chi connectivity index (χ0v) is 14.9. The van der Waals surface area contributed by atoms with Crippen LogP contribution in [0.25, 0.3) is 0 Å². The molecule has 0 heterocycles. The second kappa shape index (κ2) is 8.80. The van der Waals surface area contributed by atoms with Crippen LogP contribution in [0, 0.1) is 10.1 Å². The van der Waals surface area contributed by atoms with E-state index in [2.05, 4.69) is 5.32 Å². The van der Waals surface area contributed by atoms with Gasteiger partial charge in [-0.3, -0.25) is 19.7 Å². The van der Waals surface area contributed by atoms with Gasteiger partial charge < -0.3 is 10.2 Å². The molecule has 1 aliphatic rings. The molecule has 1 aromatic rings. The Balaban J connectivity index is 2.04. The standard InChI is InChI=1S/C17H22ClN3O4/c1-2-20(12-7-4-3-5-8-12)15(22)11-19-17(23)16-13(18)9-6-10-14(16)21(24)25/h6,9-10,12H,2-5,7-8,11H2,1H3,(H,19,23). The lowest BCUT2D eigenvalue weighted by molar-refractivity contribution is -0.385. The second-order valence-corrected chi connectivity index (χ2v) is 6.45. The quantitative estimate of drug-likeness (QED) is 0.617. The molecule has 2 amide bonds. The molecule has 0 spiro atoms. The number of nitrogens with one attached hydrogen (secondary N) is 1. The lowest BCUT2D eigenvalue weighted by atomic mass is 9.94. The molecule has 0 aliphatic heterocycles. The first-order valence-electron chi connectivity index (χ1n) is 8.46. The molecule has 1 aromatic carbocycles. The Morgan fingerprint density at radius 3 is 2.60 bits per heavy atom. The number of carbonyl (C=O) groups is 2. The summed E-state index contributed by atoms with van der Waals surface area (Å²) in [7, 11) is 0. The Bertz CT molecular complexity index is 659. The molecule has 0 bridgehead atoms. The van der Waals surface area contributed by atoms with Crippen LogP contribution in [0.4, 0.5) is 5.69 Å². The van der Waals surface area contributed by atoms with Gasteiger partial charge in [-0.2, -0.15) is 0 Å². The number of likely N-dealkylation sites (N-methyl/N-ethyl adjacent to an activating group) is 1. The third kappa shape index (κ3) is 4.69. The van der Waals surface area contributed by atoms with Gasteiger partial charge in [-0.15, -0.1) is 0 Å². The van der Waals surface area contributed by atoms with E-state index in [1.807, 2.05) is 6.92 Å². The number of nitro groups is 1. The minimum atomic E-state index is -0.717. The molecule has 1 saturated carbocycles. The van der Waals surface area contributed by atoms with Crippen LogP contribution in [-0.4, -0.2) is 40.8 Å². The van der Waals surface area contributed by atoms with E-state index in [9.17, 15) is 19.7 Å². The predicted octanol–water partition coefficient (Wildman–Crippen LogP) is 3.16. The van der Waals surface area contributed by atoms with Crippen LogP contribution in [0.1, 0.15) is 49.4 Å². The molecule has 1 aliphatic carbocycles. The first kappa shape index (κ1) is 19.2. The van der Waals surface area contributed by atoms with Crippen molar-refractivity contribution in [3.05, 3.63) is 38.9 Å². The third-order valence-corrected chi connectivity index (χ3v) is 4.81. The minimum Gasteiger partial charge on any atom is -0.343 e. The molecule has 2 rings (SSSR count). The van der Waals surface area contributed by atoms with E-state index in [1.165, 1.54) is 24.6 Å². The van der Waals surface area contributed by atoms with Gasteiger partial charge in [-0.25, -0.2) is 0 Å². The summed E-state index contributed by atoms with van der Waals surface area (Å²) >= 11 is 5.93. The van der Waals surface area contributed by atoms with Crippen LogP contribution < -0.4 is 5.32 Å². The molecule has 1 fully saturated rings. The Labute approximate surface area is 151 Å². The van der Waals surface area contributed by atoms with Gasteiger partial charge in [0.25, 0.3) is 11.6 Å². The summed E-state index contributed by atoms with van der Waals surface area (Å²) in [5.74, 6) is -0.900. The lowest BCUT2D eigenvalue weighted by Gasteiger charge is -2.33. The molecule has 1 N–H and O–H groups in total. The number of carbonyl (C=O) groups excluding carboxylic acids is 2. The van der Waals surface area contributed by atoms with E-state index in [0.717, 1.165) is 25.7 Å². The van der Waals surface area contributed by atoms with Crippen LogP contribution in [0.2, 0.25) is 5.02 Å². The maximum atomic E-state index is 12.5. The van der Waals surface area contributed by atoms with Crippen LogP contribution in [0.3, 0.4) is 0 Å². The number of amides is 2. The molecule has 0 saturated heterocycles. The number of rotatable bonds is 6. The Hall–Kier alpha value is -2.15. The first-order valence-corrected chi connectivity index (χ1v) is 8.84. The smallest absolute Gasteiger partial charge is 0.283 e. The first-order chi connectivity index (χ1) is 12.0. The van der Waals surface area contributed by atoms with Gasteiger partial charge in [-0.1, -0.05) is 36.9 Å². The average molecular weight is 368 g/mol. The highest BCUT2D eigenvalue weighted by molar-refractivity contribution is 6.34. The van der Waals surface area contributed by atoms with E-state index in [4.69, 9.17) is 11.6 Å². The number of benzene rings is 1. The fourth-order valence-corrected chi connectivity index (χ4v) is 3.52. The summed E-state index contributed by atoms with van der Waals surface area (Å²) < 4.78 is 0. The summed E-state index contributed by atoms with van der Waals surface area (Å²) in [6.07, 6.45) is 5.35. The average Bonchev–Trinajstić information content (AvgIpc) is 2.61. The van der Waals surface area contributed by atoms with Gasteiger partial charge >= 0.3 is 0 Å². The summed E-state index contributed by atoms with van der Waals surface area (Å²) in [6.45, 7) is 2.28. The van der Waals surface area contributed by atoms with E-state index in [-0.39, 0.29) is 34.8 Å². The van der Waals surface area contributed by atoms with Crippen molar-refractivity contribution in [1.29, 1.82) is 0 Å². The topological polar surface area (TPSA) is 92.6 Å². The van der Waals surface area contributed by atoms with Gasteiger partial charge in [0.1, 0.15) is 5.56 Å². The molecule has 0 unspecified atom stereocenters. The molecule has 8 heteroatoms. The molecule has 7 nitrogen and oxygen atoms in total. The second-order valence-electron chi connectivity index (χ2n) is 6.05. The van der Waals surface area contributed by atoms with Crippen LogP contribution in [0.15, 0.2) is 18.2 Å². The zero-order valence-electron chi connectivity index (χ0n) is 14.2. The van der Waals surface area contributed by atoms with Crippen molar-refractivity contribution in [2.75, 3.05) is 13.1 Å². The largest absolute Gasteiger partial charge is 0.343 e. The SMILES string of the molecule is CCN(C(=O)CNC(=O)c1c(Cl)cccc1[N+](=O)[O-])C1CCCCC1. The van der Waals surface area contributed by atoms with Gasteiger partial charge in [0.05, 0.1) is 16.5 Å². The number of hydrogen-bond acceptors (Lipinski definition) is 4. The van der Waals surface area contributed by atoms with Gasteiger partial charge in [0, 0.05) is 18.7 Å². The maximum absolute atomic E-state index is 12.5. The zero-order chi connectivity index (χ0) is 18.4. The fraction of sp³-hybridized carbons (Fsp3) is 0.529. The highest BCUT2D eigenvalue weighted by Crippen LogP contribution is 2.26. The van der Waals surface area contributed by atoms with Gasteiger partial charge in [-0.05, 0) is 25.8 Å². The van der Waals surface area contributed by atoms with Crippen molar-refractivity contribution < 1.29 is 14.5 Å².